The van der Waals surface area contributed by atoms with Gasteiger partial charge in [-0.25, -0.2) is 0 Å². The van der Waals surface area contributed by atoms with E-state index in [9.17, 15) is 0 Å². The zero-order chi connectivity index (χ0) is 13.1. The highest BCUT2D eigenvalue weighted by atomic mass is 16.5. The molecule has 3 rings (SSSR count). The van der Waals surface area contributed by atoms with Crippen LogP contribution in [0.4, 0.5) is 5.69 Å². The van der Waals surface area contributed by atoms with Crippen LogP contribution in [0, 0.1) is 6.92 Å². The van der Waals surface area contributed by atoms with Gasteiger partial charge >= 0.3 is 0 Å². The number of rotatable bonds is 4. The van der Waals surface area contributed by atoms with Gasteiger partial charge in [-0.3, -0.25) is 0 Å². The first-order valence-corrected chi connectivity index (χ1v) is 6.33. The van der Waals surface area contributed by atoms with E-state index in [-0.39, 0.29) is 0 Å². The maximum Gasteiger partial charge on any atom is 0.228 e. The van der Waals surface area contributed by atoms with Crippen LogP contribution in [-0.4, -0.2) is 16.7 Å². The largest absolute Gasteiger partial charge is 0.385 e. The van der Waals surface area contributed by atoms with Gasteiger partial charge in [0.1, 0.15) is 0 Å². The third-order valence-electron chi connectivity index (χ3n) is 2.99. The summed E-state index contributed by atoms with van der Waals surface area (Å²) in [7, 11) is 0. The number of anilines is 1. The standard InChI is InChI=1S/C15H15N3O/c1-11-17-15(19-18-11)8-9-16-14-7-6-12-4-2-3-5-13(12)10-14/h2-7,10,16H,8-9H2,1H3. The first-order valence-electron chi connectivity index (χ1n) is 6.33. The Morgan fingerprint density at radius 3 is 2.74 bits per heavy atom. The van der Waals surface area contributed by atoms with Gasteiger partial charge in [0.2, 0.25) is 5.89 Å². The molecule has 0 atom stereocenters. The Morgan fingerprint density at radius 1 is 1.11 bits per heavy atom. The van der Waals surface area contributed by atoms with Crippen LogP contribution in [0.3, 0.4) is 0 Å². The molecule has 4 nitrogen and oxygen atoms in total. The Kier molecular flexibility index (Phi) is 3.14. The minimum atomic E-state index is 0.672. The first kappa shape index (κ1) is 11.7. The van der Waals surface area contributed by atoms with E-state index >= 15 is 0 Å². The number of fused-ring (bicyclic) bond motifs is 1. The summed E-state index contributed by atoms with van der Waals surface area (Å²) in [5.74, 6) is 1.35. The lowest BCUT2D eigenvalue weighted by Crippen LogP contribution is -2.04. The van der Waals surface area contributed by atoms with Crippen LogP contribution in [0.25, 0.3) is 10.8 Å². The van der Waals surface area contributed by atoms with E-state index in [2.05, 4.69) is 45.8 Å². The first-order chi connectivity index (χ1) is 9.31. The smallest absolute Gasteiger partial charge is 0.228 e. The van der Waals surface area contributed by atoms with Gasteiger partial charge in [-0.05, 0) is 29.8 Å². The zero-order valence-electron chi connectivity index (χ0n) is 10.8. The van der Waals surface area contributed by atoms with E-state index in [1.807, 2.05) is 19.1 Å². The molecule has 1 N–H and O–H groups in total. The SMILES string of the molecule is Cc1noc(CCNc2ccc3ccccc3c2)n1. The second-order valence-corrected chi connectivity index (χ2v) is 4.47. The van der Waals surface area contributed by atoms with Crippen LogP contribution in [0.5, 0.6) is 0 Å². The molecule has 2 aromatic carbocycles. The molecule has 19 heavy (non-hydrogen) atoms. The van der Waals surface area contributed by atoms with Gasteiger partial charge in [-0.15, -0.1) is 0 Å². The lowest BCUT2D eigenvalue weighted by Gasteiger charge is -2.06. The Hall–Kier alpha value is -2.36. The second kappa shape index (κ2) is 5.10. The fourth-order valence-electron chi connectivity index (χ4n) is 2.05. The molecule has 1 aromatic heterocycles. The van der Waals surface area contributed by atoms with Crippen molar-refractivity contribution in [2.75, 3.05) is 11.9 Å². The van der Waals surface area contributed by atoms with Crippen LogP contribution in [0.2, 0.25) is 0 Å². The van der Waals surface area contributed by atoms with Gasteiger partial charge in [0, 0.05) is 18.7 Å². The maximum atomic E-state index is 5.07. The quantitative estimate of drug-likeness (QED) is 0.775. The summed E-state index contributed by atoms with van der Waals surface area (Å²) in [6, 6.07) is 14.7. The van der Waals surface area contributed by atoms with Crippen molar-refractivity contribution in [1.82, 2.24) is 10.1 Å². The van der Waals surface area contributed by atoms with E-state index < -0.39 is 0 Å². The summed E-state index contributed by atoms with van der Waals surface area (Å²) in [5.41, 5.74) is 1.11. The molecule has 0 bridgehead atoms. The molecule has 96 valence electrons. The van der Waals surface area contributed by atoms with Crippen molar-refractivity contribution in [3.05, 3.63) is 54.2 Å². The molecule has 0 amide bonds. The number of aryl methyl sites for hydroxylation is 1. The molecular formula is C15H15N3O. The molecule has 0 unspecified atom stereocenters. The van der Waals surface area contributed by atoms with Gasteiger partial charge in [-0.1, -0.05) is 35.5 Å². The highest BCUT2D eigenvalue weighted by Gasteiger charge is 2.02. The Balaban J connectivity index is 1.65. The summed E-state index contributed by atoms with van der Waals surface area (Å²) in [6.07, 6.45) is 0.730. The van der Waals surface area contributed by atoms with Gasteiger partial charge < -0.3 is 9.84 Å². The molecule has 1 heterocycles. The number of nitrogens with one attached hydrogen (secondary N) is 1. The van der Waals surface area contributed by atoms with Crippen molar-refractivity contribution in [3.63, 3.8) is 0 Å². The average Bonchev–Trinajstić information content (AvgIpc) is 2.84. The summed E-state index contributed by atoms with van der Waals surface area (Å²) in [5, 5.41) is 9.62. The third-order valence-corrected chi connectivity index (χ3v) is 2.99. The van der Waals surface area contributed by atoms with Crippen molar-refractivity contribution in [2.45, 2.75) is 13.3 Å². The van der Waals surface area contributed by atoms with Crippen LogP contribution >= 0.6 is 0 Å². The van der Waals surface area contributed by atoms with Gasteiger partial charge in [0.05, 0.1) is 0 Å². The topological polar surface area (TPSA) is 51.0 Å². The number of benzene rings is 2. The molecule has 0 spiro atoms. The van der Waals surface area contributed by atoms with E-state index in [1.165, 1.54) is 10.8 Å². The minimum absolute atomic E-state index is 0.672. The van der Waals surface area contributed by atoms with Gasteiger partial charge in [-0.2, -0.15) is 4.98 Å². The van der Waals surface area contributed by atoms with Gasteiger partial charge in [0.25, 0.3) is 0 Å². The summed E-state index contributed by atoms with van der Waals surface area (Å²) >= 11 is 0. The molecule has 0 aliphatic rings. The maximum absolute atomic E-state index is 5.07. The van der Waals surface area contributed by atoms with E-state index in [0.717, 1.165) is 18.7 Å². The average molecular weight is 253 g/mol. The van der Waals surface area contributed by atoms with Crippen molar-refractivity contribution < 1.29 is 4.52 Å². The Bertz CT molecular complexity index is 690. The molecular weight excluding hydrogens is 238 g/mol. The molecule has 3 aromatic rings. The van der Waals surface area contributed by atoms with Crippen molar-refractivity contribution >= 4 is 16.5 Å². The lowest BCUT2D eigenvalue weighted by atomic mass is 10.1. The molecule has 0 saturated heterocycles. The summed E-state index contributed by atoms with van der Waals surface area (Å²) in [6.45, 7) is 2.60. The number of hydrogen-bond donors (Lipinski definition) is 1. The molecule has 0 radical (unpaired) electrons. The minimum Gasteiger partial charge on any atom is -0.385 e. The highest BCUT2D eigenvalue weighted by Crippen LogP contribution is 2.18. The Morgan fingerprint density at radius 2 is 1.95 bits per heavy atom. The lowest BCUT2D eigenvalue weighted by molar-refractivity contribution is 0.377. The predicted octanol–water partition coefficient (Wildman–Crippen LogP) is 3.19. The third kappa shape index (κ3) is 2.73. The monoisotopic (exact) mass is 253 g/mol. The van der Waals surface area contributed by atoms with Crippen LogP contribution < -0.4 is 5.32 Å². The van der Waals surface area contributed by atoms with Crippen molar-refractivity contribution in [2.24, 2.45) is 0 Å². The van der Waals surface area contributed by atoms with Crippen LogP contribution in [0.1, 0.15) is 11.7 Å². The van der Waals surface area contributed by atoms with Crippen molar-refractivity contribution in [1.29, 1.82) is 0 Å². The van der Waals surface area contributed by atoms with Gasteiger partial charge in [0.15, 0.2) is 5.82 Å². The fraction of sp³-hybridized carbons (Fsp3) is 0.200. The zero-order valence-corrected chi connectivity index (χ0v) is 10.8. The number of aromatic nitrogens is 2. The number of nitrogens with zero attached hydrogens (tertiary/aromatic N) is 2. The van der Waals surface area contributed by atoms with E-state index in [1.54, 1.807) is 0 Å². The van der Waals surface area contributed by atoms with E-state index in [0.29, 0.717) is 11.7 Å². The predicted molar refractivity (Wildman–Crippen MR) is 75.2 cm³/mol. The normalized spacial score (nSPS) is 10.8. The molecule has 0 fully saturated rings. The molecule has 0 saturated carbocycles. The summed E-state index contributed by atoms with van der Waals surface area (Å²) < 4.78 is 5.07. The molecule has 0 aliphatic heterocycles. The van der Waals surface area contributed by atoms with Crippen LogP contribution in [0.15, 0.2) is 47.0 Å². The second-order valence-electron chi connectivity index (χ2n) is 4.47. The van der Waals surface area contributed by atoms with Crippen LogP contribution in [-0.2, 0) is 6.42 Å². The number of hydrogen-bond acceptors (Lipinski definition) is 4. The van der Waals surface area contributed by atoms with Crippen molar-refractivity contribution in [3.8, 4) is 0 Å². The fourth-order valence-corrected chi connectivity index (χ4v) is 2.05. The summed E-state index contributed by atoms with van der Waals surface area (Å²) in [4.78, 5) is 4.17. The van der Waals surface area contributed by atoms with E-state index in [4.69, 9.17) is 4.52 Å². The molecule has 0 aliphatic carbocycles. The molecule has 4 heteroatoms. The highest BCUT2D eigenvalue weighted by molar-refractivity contribution is 5.85. The Labute approximate surface area is 111 Å².